The first-order valence-corrected chi connectivity index (χ1v) is 3.77. The van der Waals surface area contributed by atoms with Gasteiger partial charge in [-0.3, -0.25) is 5.10 Å². The summed E-state index contributed by atoms with van der Waals surface area (Å²) in [5.74, 6) is 0. The lowest BCUT2D eigenvalue weighted by Gasteiger charge is -2.00. The van der Waals surface area contributed by atoms with Crippen molar-refractivity contribution in [3.8, 4) is 0 Å². The van der Waals surface area contributed by atoms with Crippen LogP contribution in [-0.2, 0) is 6.54 Å². The molecule has 3 N–H and O–H groups in total. The summed E-state index contributed by atoms with van der Waals surface area (Å²) in [4.78, 5) is 0. The normalized spacial score (nSPS) is 10.3. The van der Waals surface area contributed by atoms with Crippen LogP contribution in [0.25, 0.3) is 0 Å². The number of H-pyrrole nitrogens is 1. The van der Waals surface area contributed by atoms with E-state index in [0.717, 1.165) is 25.3 Å². The average molecular weight is 154 g/mol. The molecule has 0 unspecified atom stereocenters. The summed E-state index contributed by atoms with van der Waals surface area (Å²) in [5.41, 5.74) is 1.13. The number of hydrogen-bond acceptors (Lipinski definition) is 3. The molecule has 1 aromatic heterocycles. The summed E-state index contributed by atoms with van der Waals surface area (Å²) in [5, 5.41) is 13.0. The highest BCUT2D eigenvalue weighted by Gasteiger charge is 1.90. The Morgan fingerprint density at radius 3 is 3.09 bits per heavy atom. The molecular formula is C7H14N4. The molecule has 0 atom stereocenters. The highest BCUT2D eigenvalue weighted by atomic mass is 15.1. The smallest absolute Gasteiger partial charge is 0.0490 e. The number of aromatic amines is 1. The van der Waals surface area contributed by atoms with Gasteiger partial charge >= 0.3 is 0 Å². The van der Waals surface area contributed by atoms with Crippen LogP contribution in [0, 0.1) is 0 Å². The van der Waals surface area contributed by atoms with Gasteiger partial charge in [0.2, 0.25) is 0 Å². The fraction of sp³-hybridized carbons (Fsp3) is 0.571. The fourth-order valence-electron chi connectivity index (χ4n) is 0.820. The summed E-state index contributed by atoms with van der Waals surface area (Å²) in [6, 6.07) is 1.96. The van der Waals surface area contributed by atoms with Gasteiger partial charge in [0.15, 0.2) is 0 Å². The second-order valence-corrected chi connectivity index (χ2v) is 2.36. The summed E-state index contributed by atoms with van der Waals surface area (Å²) in [7, 11) is 1.94. The van der Waals surface area contributed by atoms with E-state index in [0.29, 0.717) is 0 Å². The van der Waals surface area contributed by atoms with Gasteiger partial charge in [-0.2, -0.15) is 5.10 Å². The lowest BCUT2D eigenvalue weighted by atomic mass is 10.4. The van der Waals surface area contributed by atoms with E-state index in [1.54, 1.807) is 6.20 Å². The zero-order valence-electron chi connectivity index (χ0n) is 6.72. The fourth-order valence-corrected chi connectivity index (χ4v) is 0.820. The molecule has 11 heavy (non-hydrogen) atoms. The zero-order valence-corrected chi connectivity index (χ0v) is 6.72. The third kappa shape index (κ3) is 3.15. The minimum Gasteiger partial charge on any atom is -0.318 e. The molecule has 62 valence electrons. The Hall–Kier alpha value is -0.870. The molecular weight excluding hydrogens is 140 g/mol. The molecule has 0 aliphatic carbocycles. The molecule has 1 aromatic rings. The van der Waals surface area contributed by atoms with Crippen LogP contribution in [0.3, 0.4) is 0 Å². The predicted molar refractivity (Wildman–Crippen MR) is 44.2 cm³/mol. The number of nitrogens with zero attached hydrogens (tertiary/aromatic N) is 1. The molecule has 0 spiro atoms. The molecule has 1 heterocycles. The van der Waals surface area contributed by atoms with Gasteiger partial charge in [0, 0.05) is 31.5 Å². The lowest BCUT2D eigenvalue weighted by Crippen LogP contribution is -2.24. The molecule has 0 aromatic carbocycles. The maximum absolute atomic E-state index is 3.84. The topological polar surface area (TPSA) is 52.7 Å². The summed E-state index contributed by atoms with van der Waals surface area (Å²) < 4.78 is 0. The van der Waals surface area contributed by atoms with Gasteiger partial charge in [-0.1, -0.05) is 0 Å². The standard InChI is InChI=1S/C7H14N4/c1-8-4-5-9-6-7-2-3-10-11-7/h2-3,8-9H,4-6H2,1H3,(H,10,11). The van der Waals surface area contributed by atoms with Crippen LogP contribution in [0.15, 0.2) is 12.3 Å². The van der Waals surface area contributed by atoms with Crippen LogP contribution < -0.4 is 10.6 Å². The monoisotopic (exact) mass is 154 g/mol. The van der Waals surface area contributed by atoms with Crippen molar-refractivity contribution in [2.24, 2.45) is 0 Å². The van der Waals surface area contributed by atoms with Crippen molar-refractivity contribution < 1.29 is 0 Å². The van der Waals surface area contributed by atoms with Crippen LogP contribution in [-0.4, -0.2) is 30.3 Å². The molecule has 1 rings (SSSR count). The van der Waals surface area contributed by atoms with E-state index in [4.69, 9.17) is 0 Å². The molecule has 0 aliphatic rings. The minimum atomic E-state index is 0.863. The molecule has 0 radical (unpaired) electrons. The van der Waals surface area contributed by atoms with E-state index in [1.165, 1.54) is 0 Å². The largest absolute Gasteiger partial charge is 0.318 e. The van der Waals surface area contributed by atoms with Crippen LogP contribution in [0.2, 0.25) is 0 Å². The van der Waals surface area contributed by atoms with Crippen molar-refractivity contribution in [1.82, 2.24) is 20.8 Å². The summed E-state index contributed by atoms with van der Waals surface area (Å²) in [6.45, 7) is 2.84. The Morgan fingerprint density at radius 2 is 2.45 bits per heavy atom. The van der Waals surface area contributed by atoms with E-state index in [2.05, 4.69) is 20.8 Å². The molecule has 0 bridgehead atoms. The Labute approximate surface area is 66.4 Å². The summed E-state index contributed by atoms with van der Waals surface area (Å²) in [6.07, 6.45) is 1.76. The van der Waals surface area contributed by atoms with Gasteiger partial charge in [-0.05, 0) is 13.1 Å². The first-order valence-electron chi connectivity index (χ1n) is 3.77. The Balaban J connectivity index is 2.04. The molecule has 4 nitrogen and oxygen atoms in total. The van der Waals surface area contributed by atoms with E-state index in [-0.39, 0.29) is 0 Å². The van der Waals surface area contributed by atoms with E-state index < -0.39 is 0 Å². The quantitative estimate of drug-likeness (QED) is 0.511. The van der Waals surface area contributed by atoms with E-state index in [1.807, 2.05) is 13.1 Å². The van der Waals surface area contributed by atoms with E-state index >= 15 is 0 Å². The maximum Gasteiger partial charge on any atom is 0.0490 e. The Kier molecular flexibility index (Phi) is 3.64. The van der Waals surface area contributed by atoms with Crippen molar-refractivity contribution in [3.05, 3.63) is 18.0 Å². The average Bonchev–Trinajstić information content (AvgIpc) is 2.50. The van der Waals surface area contributed by atoms with Crippen molar-refractivity contribution in [3.63, 3.8) is 0 Å². The van der Waals surface area contributed by atoms with Crippen molar-refractivity contribution in [2.45, 2.75) is 6.54 Å². The summed E-state index contributed by atoms with van der Waals surface area (Å²) >= 11 is 0. The van der Waals surface area contributed by atoms with E-state index in [9.17, 15) is 0 Å². The molecule has 0 fully saturated rings. The maximum atomic E-state index is 3.84. The van der Waals surface area contributed by atoms with Gasteiger partial charge in [-0.25, -0.2) is 0 Å². The van der Waals surface area contributed by atoms with Crippen molar-refractivity contribution >= 4 is 0 Å². The molecule has 0 amide bonds. The number of likely N-dealkylation sites (N-methyl/N-ethyl adjacent to an activating group) is 1. The molecule has 0 aliphatic heterocycles. The molecule has 4 heteroatoms. The number of nitrogens with one attached hydrogen (secondary N) is 3. The van der Waals surface area contributed by atoms with Crippen LogP contribution in [0.4, 0.5) is 0 Å². The van der Waals surface area contributed by atoms with Gasteiger partial charge in [0.25, 0.3) is 0 Å². The number of aromatic nitrogens is 2. The van der Waals surface area contributed by atoms with Gasteiger partial charge in [0.05, 0.1) is 0 Å². The van der Waals surface area contributed by atoms with Crippen LogP contribution in [0.5, 0.6) is 0 Å². The third-order valence-electron chi connectivity index (χ3n) is 1.43. The van der Waals surface area contributed by atoms with Gasteiger partial charge < -0.3 is 10.6 Å². The Bertz CT molecular complexity index is 171. The van der Waals surface area contributed by atoms with Crippen LogP contribution >= 0.6 is 0 Å². The zero-order chi connectivity index (χ0) is 7.94. The molecule has 0 saturated heterocycles. The van der Waals surface area contributed by atoms with Crippen molar-refractivity contribution in [1.29, 1.82) is 0 Å². The van der Waals surface area contributed by atoms with Gasteiger partial charge in [-0.15, -0.1) is 0 Å². The van der Waals surface area contributed by atoms with Crippen molar-refractivity contribution in [2.75, 3.05) is 20.1 Å². The second kappa shape index (κ2) is 4.87. The number of rotatable bonds is 5. The SMILES string of the molecule is CNCCNCc1ccn[nH]1. The minimum absolute atomic E-state index is 0.863. The first-order chi connectivity index (χ1) is 5.43. The highest BCUT2D eigenvalue weighted by molar-refractivity contribution is 4.96. The first kappa shape index (κ1) is 8.23. The van der Waals surface area contributed by atoms with Gasteiger partial charge in [0.1, 0.15) is 0 Å². The second-order valence-electron chi connectivity index (χ2n) is 2.36. The molecule has 0 saturated carbocycles. The predicted octanol–water partition coefficient (Wildman–Crippen LogP) is -0.281. The lowest BCUT2D eigenvalue weighted by molar-refractivity contribution is 0.641. The van der Waals surface area contributed by atoms with Crippen LogP contribution in [0.1, 0.15) is 5.69 Å². The number of hydrogen-bond donors (Lipinski definition) is 3. The third-order valence-corrected chi connectivity index (χ3v) is 1.43. The Morgan fingerprint density at radius 1 is 1.55 bits per heavy atom. The highest BCUT2D eigenvalue weighted by Crippen LogP contribution is 1.88.